The average molecular weight is 374 g/mol. The largest absolute Gasteiger partial charge is 0.506 e. The highest BCUT2D eigenvalue weighted by Gasteiger charge is 2.21. The third kappa shape index (κ3) is 2.73. The van der Waals surface area contributed by atoms with Gasteiger partial charge in [-0.15, -0.1) is 0 Å². The number of hydrogen-bond acceptors (Lipinski definition) is 4. The zero-order valence-corrected chi connectivity index (χ0v) is 15.4. The molecule has 4 aromatic rings. The maximum absolute atomic E-state index is 12.9. The lowest BCUT2D eigenvalue weighted by molar-refractivity contribution is 0.481. The van der Waals surface area contributed by atoms with Crippen molar-refractivity contribution in [2.75, 3.05) is 0 Å². The summed E-state index contributed by atoms with van der Waals surface area (Å²) in [6.45, 7) is 1.92. The Kier molecular flexibility index (Phi) is 4.19. The smallest absolute Gasteiger partial charge is 0.273 e. The van der Waals surface area contributed by atoms with E-state index in [1.807, 2.05) is 31.2 Å². The predicted molar refractivity (Wildman–Crippen MR) is 110 cm³/mol. The Hall–Kier alpha value is -3.87. The van der Waals surface area contributed by atoms with E-state index in [9.17, 15) is 14.7 Å². The normalized spacial score (nSPS) is 11.5. The van der Waals surface area contributed by atoms with E-state index in [4.69, 9.17) is 0 Å². The molecule has 7 nitrogen and oxygen atoms in total. The van der Waals surface area contributed by atoms with E-state index in [1.54, 1.807) is 31.3 Å². The van der Waals surface area contributed by atoms with Gasteiger partial charge in [-0.25, -0.2) is 0 Å². The topological polar surface area (TPSA) is 103 Å². The number of rotatable bonds is 3. The SMILES string of the molecule is Cc1ccccc1N=Cc1c(-c2c(O)c3ccccc3n(C)c2=O)[nH][nH]c1=O. The maximum Gasteiger partial charge on any atom is 0.273 e. The van der Waals surface area contributed by atoms with Crippen molar-refractivity contribution >= 4 is 22.8 Å². The van der Waals surface area contributed by atoms with Gasteiger partial charge in [-0.3, -0.25) is 24.8 Å². The van der Waals surface area contributed by atoms with Crippen LogP contribution in [-0.2, 0) is 7.05 Å². The molecule has 0 saturated carbocycles. The van der Waals surface area contributed by atoms with Crippen LogP contribution >= 0.6 is 0 Å². The maximum atomic E-state index is 12.9. The molecule has 2 heterocycles. The molecular formula is C21H18N4O3. The third-order valence-corrected chi connectivity index (χ3v) is 4.79. The molecule has 0 amide bonds. The number of H-pyrrole nitrogens is 2. The van der Waals surface area contributed by atoms with Gasteiger partial charge in [-0.1, -0.05) is 30.3 Å². The number of benzene rings is 2. The summed E-state index contributed by atoms with van der Waals surface area (Å²) >= 11 is 0. The van der Waals surface area contributed by atoms with E-state index in [0.717, 1.165) is 5.56 Å². The second kappa shape index (κ2) is 6.70. The van der Waals surface area contributed by atoms with E-state index < -0.39 is 11.1 Å². The second-order valence-corrected chi connectivity index (χ2v) is 6.52. The van der Waals surface area contributed by atoms with Crippen molar-refractivity contribution in [1.29, 1.82) is 0 Å². The van der Waals surface area contributed by atoms with Crippen LogP contribution in [0.25, 0.3) is 22.2 Å². The summed E-state index contributed by atoms with van der Waals surface area (Å²) in [5.41, 5.74) is 1.81. The molecule has 3 N–H and O–H groups in total. The van der Waals surface area contributed by atoms with Crippen LogP contribution in [-0.4, -0.2) is 26.1 Å². The van der Waals surface area contributed by atoms with Crippen LogP contribution in [0.1, 0.15) is 11.1 Å². The number of hydrogen-bond donors (Lipinski definition) is 3. The van der Waals surface area contributed by atoms with E-state index >= 15 is 0 Å². The fourth-order valence-corrected chi connectivity index (χ4v) is 3.23. The molecule has 0 spiro atoms. The van der Waals surface area contributed by atoms with E-state index in [2.05, 4.69) is 15.2 Å². The molecule has 0 aliphatic rings. The van der Waals surface area contributed by atoms with Crippen molar-refractivity contribution in [3.63, 3.8) is 0 Å². The Balaban J connectivity index is 1.95. The number of aromatic nitrogens is 3. The van der Waals surface area contributed by atoms with Crippen LogP contribution in [0.15, 0.2) is 63.1 Å². The monoisotopic (exact) mass is 374 g/mol. The van der Waals surface area contributed by atoms with Crippen molar-refractivity contribution < 1.29 is 5.11 Å². The first kappa shape index (κ1) is 17.5. The first-order valence-corrected chi connectivity index (χ1v) is 8.70. The van der Waals surface area contributed by atoms with Gasteiger partial charge in [-0.05, 0) is 30.7 Å². The zero-order valence-electron chi connectivity index (χ0n) is 15.4. The van der Waals surface area contributed by atoms with Crippen molar-refractivity contribution in [2.24, 2.45) is 12.0 Å². The molecule has 0 fully saturated rings. The number of nitrogens with one attached hydrogen (secondary N) is 2. The van der Waals surface area contributed by atoms with Gasteiger partial charge in [0.2, 0.25) is 0 Å². The number of aromatic amines is 2. The van der Waals surface area contributed by atoms with Gasteiger partial charge in [0.15, 0.2) is 0 Å². The van der Waals surface area contributed by atoms with Crippen LogP contribution in [0.3, 0.4) is 0 Å². The van der Waals surface area contributed by atoms with Crippen LogP contribution in [0.5, 0.6) is 5.75 Å². The number of para-hydroxylation sites is 2. The van der Waals surface area contributed by atoms with Crippen molar-refractivity contribution in [3.05, 3.63) is 80.4 Å². The molecule has 4 rings (SSSR count). The van der Waals surface area contributed by atoms with E-state index in [1.165, 1.54) is 10.8 Å². The molecule has 2 aromatic heterocycles. The van der Waals surface area contributed by atoms with Crippen molar-refractivity contribution in [2.45, 2.75) is 6.92 Å². The Morgan fingerprint density at radius 2 is 1.75 bits per heavy atom. The highest BCUT2D eigenvalue weighted by Crippen LogP contribution is 2.32. The van der Waals surface area contributed by atoms with Crippen LogP contribution in [0, 0.1) is 6.92 Å². The lowest BCUT2D eigenvalue weighted by atomic mass is 10.1. The summed E-state index contributed by atoms with van der Waals surface area (Å²) in [5.74, 6) is -0.181. The Labute approximate surface area is 159 Å². The van der Waals surface area contributed by atoms with Crippen LogP contribution < -0.4 is 11.1 Å². The first-order valence-electron chi connectivity index (χ1n) is 8.70. The summed E-state index contributed by atoms with van der Waals surface area (Å²) in [6, 6.07) is 14.5. The van der Waals surface area contributed by atoms with Gasteiger partial charge in [0.05, 0.1) is 22.5 Å². The van der Waals surface area contributed by atoms with Crippen LogP contribution in [0.4, 0.5) is 5.69 Å². The summed E-state index contributed by atoms with van der Waals surface area (Å²) < 4.78 is 1.44. The lowest BCUT2D eigenvalue weighted by Crippen LogP contribution is -2.20. The predicted octanol–water partition coefficient (Wildman–Crippen LogP) is 2.99. The minimum atomic E-state index is -0.429. The standard InChI is InChI=1S/C21H18N4O3/c1-12-7-3-5-9-15(12)22-11-14-18(23-24-20(14)27)17-19(26)13-8-4-6-10-16(13)25(2)21(17)28/h3-11,26H,1-2H3,(H2,23,24,27). The second-order valence-electron chi connectivity index (χ2n) is 6.52. The number of aliphatic imine (C=N–C) groups is 1. The van der Waals surface area contributed by atoms with Crippen molar-refractivity contribution in [1.82, 2.24) is 14.8 Å². The van der Waals surface area contributed by atoms with Crippen molar-refractivity contribution in [3.8, 4) is 17.0 Å². The van der Waals surface area contributed by atoms with E-state index in [0.29, 0.717) is 16.6 Å². The highest BCUT2D eigenvalue weighted by molar-refractivity contribution is 5.96. The molecule has 7 heteroatoms. The number of fused-ring (bicyclic) bond motifs is 1. The molecule has 0 aliphatic heterocycles. The fourth-order valence-electron chi connectivity index (χ4n) is 3.23. The Morgan fingerprint density at radius 1 is 1.04 bits per heavy atom. The van der Waals surface area contributed by atoms with Gasteiger partial charge in [-0.2, -0.15) is 0 Å². The first-order chi connectivity index (χ1) is 13.5. The molecule has 2 aromatic carbocycles. The van der Waals surface area contributed by atoms with Gasteiger partial charge in [0.25, 0.3) is 11.1 Å². The molecule has 28 heavy (non-hydrogen) atoms. The molecular weight excluding hydrogens is 356 g/mol. The number of aryl methyl sites for hydroxylation is 2. The third-order valence-electron chi connectivity index (χ3n) is 4.79. The zero-order chi connectivity index (χ0) is 19.8. The average Bonchev–Trinajstić information content (AvgIpc) is 3.06. The molecule has 0 saturated heterocycles. The summed E-state index contributed by atoms with van der Waals surface area (Å²) in [4.78, 5) is 29.6. The van der Waals surface area contributed by atoms with Crippen LogP contribution in [0.2, 0.25) is 0 Å². The molecule has 140 valence electrons. The number of nitrogens with zero attached hydrogens (tertiary/aromatic N) is 2. The van der Waals surface area contributed by atoms with Gasteiger partial charge in [0, 0.05) is 18.6 Å². The molecule has 0 atom stereocenters. The quantitative estimate of drug-likeness (QED) is 0.480. The lowest BCUT2D eigenvalue weighted by Gasteiger charge is -2.11. The Morgan fingerprint density at radius 3 is 2.54 bits per heavy atom. The van der Waals surface area contributed by atoms with Gasteiger partial charge < -0.3 is 9.67 Å². The molecule has 0 unspecified atom stereocenters. The fraction of sp³-hybridized carbons (Fsp3) is 0.0952. The summed E-state index contributed by atoms with van der Waals surface area (Å²) in [7, 11) is 1.62. The minimum Gasteiger partial charge on any atom is -0.506 e. The highest BCUT2D eigenvalue weighted by atomic mass is 16.3. The molecule has 0 bridgehead atoms. The van der Waals surface area contributed by atoms with Gasteiger partial charge >= 0.3 is 0 Å². The summed E-state index contributed by atoms with van der Waals surface area (Å²) in [5, 5.41) is 16.5. The minimum absolute atomic E-state index is 0.0192. The van der Waals surface area contributed by atoms with Gasteiger partial charge in [0.1, 0.15) is 11.3 Å². The number of pyridine rings is 1. The summed E-state index contributed by atoms with van der Waals surface area (Å²) in [6.07, 6.45) is 1.40. The van der Waals surface area contributed by atoms with E-state index in [-0.39, 0.29) is 22.6 Å². The number of aromatic hydroxyl groups is 1. The molecule has 0 aliphatic carbocycles. The Bertz CT molecular complexity index is 1340. The molecule has 0 radical (unpaired) electrons.